The highest BCUT2D eigenvalue weighted by Crippen LogP contribution is 2.20. The van der Waals surface area contributed by atoms with E-state index in [0.29, 0.717) is 33.4 Å². The van der Waals surface area contributed by atoms with Crippen molar-refractivity contribution in [3.05, 3.63) is 106 Å². The monoisotopic (exact) mass is 636 g/mol. The van der Waals surface area contributed by atoms with Crippen LogP contribution in [0.4, 0.5) is 0 Å². The number of carbonyl (C=O) groups excluding carboxylic acids is 6. The zero-order chi connectivity index (χ0) is 32.9. The largest absolute Gasteiger partial charge is 0.465 e. The fraction of sp³-hybridized carbons (Fsp3) is 0.273. The Morgan fingerprint density at radius 3 is 0.978 bits per heavy atom. The Labute approximate surface area is 265 Å². The summed E-state index contributed by atoms with van der Waals surface area (Å²) >= 11 is 5.21. The van der Waals surface area contributed by atoms with Crippen molar-refractivity contribution < 1.29 is 43.0 Å². The van der Waals surface area contributed by atoms with Gasteiger partial charge in [0.25, 0.3) is 17.1 Å². The molecule has 0 saturated heterocycles. The van der Waals surface area contributed by atoms with Crippen molar-refractivity contribution in [2.45, 2.75) is 37.8 Å². The Morgan fingerprint density at radius 1 is 0.489 bits per heavy atom. The third-order valence-electron chi connectivity index (χ3n) is 7.07. The van der Waals surface area contributed by atoms with Crippen LogP contribution >= 0.6 is 11.6 Å². The first kappa shape index (κ1) is 34.5. The summed E-state index contributed by atoms with van der Waals surface area (Å²) in [6.07, 6.45) is 2.99. The van der Waals surface area contributed by atoms with Crippen molar-refractivity contribution in [1.29, 1.82) is 0 Å². The lowest BCUT2D eigenvalue weighted by atomic mass is 9.90. The van der Waals surface area contributed by atoms with Crippen molar-refractivity contribution in [3.8, 4) is 0 Å². The van der Waals surface area contributed by atoms with Gasteiger partial charge in [0.2, 0.25) is 0 Å². The molecule has 1 saturated carbocycles. The van der Waals surface area contributed by atoms with Crippen molar-refractivity contribution >= 4 is 46.6 Å². The normalized spacial score (nSPS) is 15.3. The predicted molar refractivity (Wildman–Crippen MR) is 165 cm³/mol. The van der Waals surface area contributed by atoms with E-state index in [1.165, 1.54) is 45.6 Å². The second kappa shape index (κ2) is 16.7. The van der Waals surface area contributed by atoms with Gasteiger partial charge in [0, 0.05) is 28.8 Å². The molecule has 0 unspecified atom stereocenters. The molecular weight excluding hydrogens is 604 g/mol. The summed E-state index contributed by atoms with van der Waals surface area (Å²) < 4.78 is 13.8. The fourth-order valence-electron chi connectivity index (χ4n) is 4.53. The molecule has 12 heteroatoms. The topological polar surface area (TPSA) is 154 Å². The van der Waals surface area contributed by atoms with Crippen LogP contribution in [0.1, 0.15) is 87.8 Å². The molecule has 11 nitrogen and oxygen atoms in total. The lowest BCUT2D eigenvalue weighted by molar-refractivity contribution is 0.0592. The van der Waals surface area contributed by atoms with Crippen LogP contribution in [0, 0.1) is 0 Å². The van der Waals surface area contributed by atoms with Crippen LogP contribution in [0.3, 0.4) is 0 Å². The maximum absolute atomic E-state index is 12.5. The van der Waals surface area contributed by atoms with Gasteiger partial charge in [0.05, 0.1) is 38.0 Å². The molecule has 3 aromatic rings. The van der Waals surface area contributed by atoms with E-state index in [-0.39, 0.29) is 23.9 Å². The average Bonchev–Trinajstić information content (AvgIpc) is 3.08. The minimum absolute atomic E-state index is 0.0234. The molecule has 2 amide bonds. The fourth-order valence-corrected chi connectivity index (χ4v) is 4.65. The first-order valence-corrected chi connectivity index (χ1v) is 14.3. The second-order valence-corrected chi connectivity index (χ2v) is 10.3. The highest BCUT2D eigenvalue weighted by molar-refractivity contribution is 6.67. The molecule has 1 aliphatic carbocycles. The highest BCUT2D eigenvalue weighted by atomic mass is 35.5. The summed E-state index contributed by atoms with van der Waals surface area (Å²) in [5, 5.41) is 5.48. The Hall–Kier alpha value is -5.03. The van der Waals surface area contributed by atoms with E-state index in [9.17, 15) is 28.8 Å². The standard InChI is InChI=1S/C24H26N2O6.C9H7ClO3/c1-31-23(29)17-7-3-15(4-8-17)21(27)25-19-11-13-20(14-12-19)26-22(28)16-5-9-18(10-6-16)24(30)32-2;1-13-9(12)7-4-2-6(3-5-7)8(10)11/h3-10,19-20H,11-14H2,1-2H3,(H,25,27)(H,26,28);2-5H,1H3. The molecular formula is C33H33ClN2O9. The molecule has 0 bridgehead atoms. The van der Waals surface area contributed by atoms with Crippen molar-refractivity contribution in [1.82, 2.24) is 10.6 Å². The van der Waals surface area contributed by atoms with Gasteiger partial charge in [0.1, 0.15) is 0 Å². The quantitative estimate of drug-likeness (QED) is 0.205. The molecule has 4 rings (SSSR count). The summed E-state index contributed by atoms with van der Waals surface area (Å²) in [5.74, 6) is -1.72. The minimum Gasteiger partial charge on any atom is -0.465 e. The van der Waals surface area contributed by atoms with Gasteiger partial charge in [-0.1, -0.05) is 0 Å². The number of benzene rings is 3. The maximum Gasteiger partial charge on any atom is 0.337 e. The number of hydrogen-bond acceptors (Lipinski definition) is 9. The summed E-state index contributed by atoms with van der Waals surface area (Å²) in [4.78, 5) is 69.5. The molecule has 0 radical (unpaired) electrons. The number of methoxy groups -OCH3 is 3. The number of carbonyl (C=O) groups is 6. The third kappa shape index (κ3) is 10.0. The van der Waals surface area contributed by atoms with E-state index in [2.05, 4.69) is 24.8 Å². The van der Waals surface area contributed by atoms with Gasteiger partial charge < -0.3 is 24.8 Å². The van der Waals surface area contributed by atoms with Gasteiger partial charge in [-0.25, -0.2) is 14.4 Å². The van der Waals surface area contributed by atoms with E-state index < -0.39 is 23.2 Å². The van der Waals surface area contributed by atoms with E-state index in [4.69, 9.17) is 11.6 Å². The number of nitrogens with one attached hydrogen (secondary N) is 2. The van der Waals surface area contributed by atoms with Gasteiger partial charge in [-0.05, 0) is 110 Å². The zero-order valence-corrected chi connectivity index (χ0v) is 25.7. The van der Waals surface area contributed by atoms with E-state index in [1.807, 2.05) is 0 Å². The van der Waals surface area contributed by atoms with Crippen LogP contribution in [0.5, 0.6) is 0 Å². The van der Waals surface area contributed by atoms with Crippen molar-refractivity contribution in [2.75, 3.05) is 21.3 Å². The molecule has 236 valence electrons. The Bertz CT molecular complexity index is 1430. The van der Waals surface area contributed by atoms with E-state index in [0.717, 1.165) is 25.7 Å². The van der Waals surface area contributed by atoms with Gasteiger partial charge in [-0.2, -0.15) is 0 Å². The summed E-state index contributed by atoms with van der Waals surface area (Å²) in [6.45, 7) is 0. The van der Waals surface area contributed by atoms with Crippen molar-refractivity contribution in [2.24, 2.45) is 0 Å². The van der Waals surface area contributed by atoms with Crippen LogP contribution in [-0.2, 0) is 14.2 Å². The SMILES string of the molecule is COC(=O)c1ccc(C(=O)Cl)cc1.COC(=O)c1ccc(C(=O)NC2CCC(NC(=O)c3ccc(C(=O)OC)cc3)CC2)cc1. The first-order valence-electron chi connectivity index (χ1n) is 13.9. The Morgan fingerprint density at radius 2 is 0.733 bits per heavy atom. The number of hydrogen-bond donors (Lipinski definition) is 2. The van der Waals surface area contributed by atoms with Crippen LogP contribution in [-0.4, -0.2) is 68.4 Å². The summed E-state index contributed by atoms with van der Waals surface area (Å²) in [6, 6.07) is 18.6. The Kier molecular flexibility index (Phi) is 12.8. The molecule has 0 heterocycles. The second-order valence-electron chi connectivity index (χ2n) is 9.98. The van der Waals surface area contributed by atoms with Crippen LogP contribution < -0.4 is 10.6 Å². The lowest BCUT2D eigenvalue weighted by Gasteiger charge is -2.29. The Balaban J connectivity index is 0.000000355. The summed E-state index contributed by atoms with van der Waals surface area (Å²) in [7, 11) is 3.91. The minimum atomic E-state index is -0.545. The van der Waals surface area contributed by atoms with Crippen LogP contribution in [0.2, 0.25) is 0 Å². The van der Waals surface area contributed by atoms with Crippen molar-refractivity contribution in [3.63, 3.8) is 0 Å². The maximum atomic E-state index is 12.5. The molecule has 0 aromatic heterocycles. The molecule has 1 fully saturated rings. The van der Waals surface area contributed by atoms with E-state index in [1.54, 1.807) is 48.5 Å². The van der Waals surface area contributed by atoms with Crippen LogP contribution in [0.15, 0.2) is 72.8 Å². The first-order chi connectivity index (χ1) is 21.6. The van der Waals surface area contributed by atoms with Gasteiger partial charge in [-0.3, -0.25) is 14.4 Å². The number of halogens is 1. The number of esters is 3. The average molecular weight is 637 g/mol. The molecule has 1 aliphatic rings. The number of amides is 2. The molecule has 3 aromatic carbocycles. The highest BCUT2D eigenvalue weighted by Gasteiger charge is 2.24. The zero-order valence-electron chi connectivity index (χ0n) is 25.0. The van der Waals surface area contributed by atoms with Gasteiger partial charge >= 0.3 is 17.9 Å². The third-order valence-corrected chi connectivity index (χ3v) is 7.29. The van der Waals surface area contributed by atoms with Gasteiger partial charge in [-0.15, -0.1) is 0 Å². The molecule has 0 spiro atoms. The molecule has 45 heavy (non-hydrogen) atoms. The van der Waals surface area contributed by atoms with Crippen LogP contribution in [0.25, 0.3) is 0 Å². The molecule has 0 aliphatic heterocycles. The van der Waals surface area contributed by atoms with E-state index >= 15 is 0 Å². The smallest absolute Gasteiger partial charge is 0.337 e. The number of ether oxygens (including phenoxy) is 3. The lowest BCUT2D eigenvalue weighted by Crippen LogP contribution is -2.43. The van der Waals surface area contributed by atoms with Gasteiger partial charge in [0.15, 0.2) is 0 Å². The molecule has 2 N–H and O–H groups in total. The predicted octanol–water partition coefficient (Wildman–Crippen LogP) is 4.58. The molecule has 0 atom stereocenters. The number of rotatable bonds is 8. The summed E-state index contributed by atoms with van der Waals surface area (Å²) in [5.41, 5.74) is 2.48.